The van der Waals surface area contributed by atoms with Gasteiger partial charge in [0.05, 0.1) is 0 Å². The number of hydrogen-bond donors (Lipinski definition) is 0. The van der Waals surface area contributed by atoms with Gasteiger partial charge in [-0.2, -0.15) is 12.1 Å². The van der Waals surface area contributed by atoms with Crippen molar-refractivity contribution in [3.05, 3.63) is 159 Å². The van der Waals surface area contributed by atoms with E-state index >= 15 is 0 Å². The Morgan fingerprint density at radius 3 is 1.98 bits per heavy atom. The standard InChI is InChI=1S/C22H19.C17H15.2CH3.Si.Zr/c1-15(2)20-13-18-8-5-9-21(22(18)14-20)19-11-10-16-6-3-4-7-17(16)12-19;1-12-10-16-13(2)8-9-15(17(16)11-12)14-6-4-3-5-7-14;;;;/h3-15H,1-2H3;3-11H,1-2H3;2*1H3;;/q4*-1;;. The van der Waals surface area contributed by atoms with E-state index in [1.165, 1.54) is 94.6 Å². The van der Waals surface area contributed by atoms with Gasteiger partial charge in [-0.15, -0.1) is 68.6 Å². The van der Waals surface area contributed by atoms with Gasteiger partial charge >= 0.3 is 30.2 Å². The van der Waals surface area contributed by atoms with Crippen LogP contribution in [0.1, 0.15) is 36.5 Å². The Labute approximate surface area is 275 Å². The molecular formula is C41H40SiZr-4. The molecule has 0 saturated heterocycles. The summed E-state index contributed by atoms with van der Waals surface area (Å²) in [6.07, 6.45) is 0. The van der Waals surface area contributed by atoms with Crippen LogP contribution in [0.5, 0.6) is 0 Å². The summed E-state index contributed by atoms with van der Waals surface area (Å²) >= 11 is 1.36. The molecule has 216 valence electrons. The van der Waals surface area contributed by atoms with Gasteiger partial charge in [0.15, 0.2) is 0 Å². The Morgan fingerprint density at radius 2 is 1.26 bits per heavy atom. The van der Waals surface area contributed by atoms with Crippen LogP contribution in [-0.2, 0) is 23.3 Å². The van der Waals surface area contributed by atoms with Gasteiger partial charge in [0, 0.05) is 0 Å². The number of hydrogen-bond acceptors (Lipinski definition) is 0. The monoisotopic (exact) mass is 650 g/mol. The third kappa shape index (κ3) is 7.43. The van der Waals surface area contributed by atoms with Crippen molar-refractivity contribution in [1.29, 1.82) is 0 Å². The number of fused-ring (bicyclic) bond motifs is 3. The summed E-state index contributed by atoms with van der Waals surface area (Å²) < 4.78 is 0. The Hall–Kier alpha value is -3.32. The summed E-state index contributed by atoms with van der Waals surface area (Å²) in [7, 11) is 0. The minimum absolute atomic E-state index is 0. The van der Waals surface area contributed by atoms with Crippen LogP contribution in [-0.4, -0.2) is 6.88 Å². The zero-order valence-corrected chi connectivity index (χ0v) is 29.7. The molecule has 0 nitrogen and oxygen atoms in total. The predicted molar refractivity (Wildman–Crippen MR) is 190 cm³/mol. The van der Waals surface area contributed by atoms with Crippen molar-refractivity contribution in [3.63, 3.8) is 0 Å². The predicted octanol–water partition coefficient (Wildman–Crippen LogP) is 11.9. The molecule has 0 fully saturated rings. The Balaban J connectivity index is 0.000000219. The molecule has 2 radical (unpaired) electrons. The third-order valence-corrected chi connectivity index (χ3v) is 7.83. The molecule has 0 aliphatic rings. The maximum absolute atomic E-state index is 3.06. The van der Waals surface area contributed by atoms with Crippen molar-refractivity contribution in [2.24, 2.45) is 0 Å². The molecule has 43 heavy (non-hydrogen) atoms. The van der Waals surface area contributed by atoms with Crippen LogP contribution in [0.25, 0.3) is 54.6 Å². The SMILES string of the molecule is CC(C)c1cc2c(-c3ccc4ccccc4c3)cccc2[cH-]1.Cc1cc2c(-c3ccccc3)ccc(C)c2[cH-]1.[CH3-].[CH3-].[Si]=[Zr]. The van der Waals surface area contributed by atoms with E-state index in [0.29, 0.717) is 5.92 Å². The minimum atomic E-state index is 0. The molecule has 2 heteroatoms. The second-order valence-corrected chi connectivity index (χ2v) is 11.0. The fraction of sp³-hybridized carbons (Fsp3) is 0.122. The van der Waals surface area contributed by atoms with Crippen LogP contribution in [0.3, 0.4) is 0 Å². The van der Waals surface area contributed by atoms with Crippen molar-refractivity contribution in [2.45, 2.75) is 33.6 Å². The zero-order chi connectivity index (χ0) is 28.9. The van der Waals surface area contributed by atoms with Gasteiger partial charge in [0.2, 0.25) is 0 Å². The van der Waals surface area contributed by atoms with Crippen LogP contribution in [0.4, 0.5) is 0 Å². The molecule has 0 N–H and O–H groups in total. The van der Waals surface area contributed by atoms with Crippen molar-refractivity contribution in [2.75, 3.05) is 0 Å². The normalized spacial score (nSPS) is 10.3. The zero-order valence-electron chi connectivity index (χ0n) is 26.2. The van der Waals surface area contributed by atoms with Crippen LogP contribution < -0.4 is 0 Å². The second-order valence-electron chi connectivity index (χ2n) is 11.0. The number of aryl methyl sites for hydroxylation is 2. The van der Waals surface area contributed by atoms with Gasteiger partial charge in [-0.1, -0.05) is 118 Å². The van der Waals surface area contributed by atoms with Gasteiger partial charge < -0.3 is 14.9 Å². The molecule has 7 aromatic rings. The summed E-state index contributed by atoms with van der Waals surface area (Å²) in [5.74, 6) is 0.567. The molecule has 0 spiro atoms. The number of benzene rings is 5. The average Bonchev–Trinajstić information content (AvgIpc) is 3.63. The quantitative estimate of drug-likeness (QED) is 0.132. The first-order valence-electron chi connectivity index (χ1n) is 14.1. The average molecular weight is 652 g/mol. The van der Waals surface area contributed by atoms with E-state index in [4.69, 9.17) is 0 Å². The van der Waals surface area contributed by atoms with Crippen LogP contribution in [0, 0.1) is 28.7 Å². The summed E-state index contributed by atoms with van der Waals surface area (Å²) in [5.41, 5.74) is 9.37. The van der Waals surface area contributed by atoms with E-state index in [1.54, 1.807) is 0 Å². The maximum atomic E-state index is 3.06. The first-order valence-corrected chi connectivity index (χ1v) is 18.3. The molecule has 7 aromatic carbocycles. The molecule has 0 saturated carbocycles. The van der Waals surface area contributed by atoms with Crippen LogP contribution in [0.2, 0.25) is 0 Å². The fourth-order valence-electron chi connectivity index (χ4n) is 5.66. The Kier molecular flexibility index (Phi) is 12.3. The van der Waals surface area contributed by atoms with E-state index in [2.05, 4.69) is 162 Å². The summed E-state index contributed by atoms with van der Waals surface area (Å²) in [4.78, 5) is 0. The molecule has 0 amide bonds. The first-order chi connectivity index (χ1) is 20.0. The topological polar surface area (TPSA) is 0 Å². The Morgan fingerprint density at radius 1 is 0.581 bits per heavy atom. The molecule has 0 heterocycles. The van der Waals surface area contributed by atoms with Gasteiger partial charge in [-0.3, -0.25) is 0 Å². The van der Waals surface area contributed by atoms with E-state index in [1.807, 2.05) is 0 Å². The van der Waals surface area contributed by atoms with Gasteiger partial charge in [-0.25, -0.2) is 0 Å². The van der Waals surface area contributed by atoms with Gasteiger partial charge in [0.25, 0.3) is 0 Å². The summed E-state index contributed by atoms with van der Waals surface area (Å²) in [5, 5.41) is 8.05. The number of rotatable bonds is 3. The van der Waals surface area contributed by atoms with Crippen molar-refractivity contribution >= 4 is 39.2 Å². The molecule has 0 atom stereocenters. The summed E-state index contributed by atoms with van der Waals surface area (Å²) in [6.45, 7) is 11.9. The second kappa shape index (κ2) is 15.4. The van der Waals surface area contributed by atoms with Gasteiger partial charge in [-0.05, 0) is 33.9 Å². The van der Waals surface area contributed by atoms with Gasteiger partial charge in [0.1, 0.15) is 0 Å². The van der Waals surface area contributed by atoms with E-state index in [-0.39, 0.29) is 14.9 Å². The third-order valence-electron chi connectivity index (χ3n) is 7.83. The molecule has 7 rings (SSSR count). The van der Waals surface area contributed by atoms with Crippen LogP contribution >= 0.6 is 0 Å². The molecule has 0 unspecified atom stereocenters. The van der Waals surface area contributed by atoms with Crippen LogP contribution in [0.15, 0.2) is 127 Å². The molecule has 0 aliphatic carbocycles. The van der Waals surface area contributed by atoms with E-state index in [9.17, 15) is 0 Å². The molecule has 0 bridgehead atoms. The van der Waals surface area contributed by atoms with E-state index in [0.717, 1.165) is 0 Å². The van der Waals surface area contributed by atoms with Crippen molar-refractivity contribution in [3.8, 4) is 22.3 Å². The molecule has 0 aliphatic heterocycles. The summed E-state index contributed by atoms with van der Waals surface area (Å²) in [6, 6.07) is 46.2. The fourth-order valence-corrected chi connectivity index (χ4v) is 5.66. The Bertz CT molecular complexity index is 1920. The molecule has 0 aromatic heterocycles. The van der Waals surface area contributed by atoms with E-state index < -0.39 is 0 Å². The first kappa shape index (κ1) is 34.2. The van der Waals surface area contributed by atoms with Crippen molar-refractivity contribution < 1.29 is 23.3 Å². The van der Waals surface area contributed by atoms with Crippen molar-refractivity contribution in [1.82, 2.24) is 0 Å². The molecular weight excluding hydrogens is 612 g/mol.